The Balaban J connectivity index is 2.00. The quantitative estimate of drug-likeness (QED) is 0.406. The van der Waals surface area contributed by atoms with Crippen LogP contribution in [-0.2, 0) is 9.53 Å². The predicted octanol–water partition coefficient (Wildman–Crippen LogP) is 2.36. The number of carbonyl (C=O) groups excluding carboxylic acids is 1. The summed E-state index contributed by atoms with van der Waals surface area (Å²) in [5.41, 5.74) is 0.369. The molecule has 98 valence electrons. The first-order valence-corrected chi connectivity index (χ1v) is 6.68. The van der Waals surface area contributed by atoms with Gasteiger partial charge in [0.2, 0.25) is 0 Å². The fraction of sp³-hybridized carbons (Fsp3) is 0.667. The molecule has 0 bridgehead atoms. The molecular formula is C15H20O3. The molecule has 2 saturated carbocycles. The molecule has 3 aliphatic rings. The molecule has 2 aliphatic carbocycles. The van der Waals surface area contributed by atoms with E-state index in [1.54, 1.807) is 0 Å². The van der Waals surface area contributed by atoms with Crippen LogP contribution in [0.5, 0.6) is 0 Å². The zero-order chi connectivity index (χ0) is 13.1. The third kappa shape index (κ3) is 1.31. The number of hydrogen-bond donors (Lipinski definition) is 1. The average Bonchev–Trinajstić information content (AvgIpc) is 2.55. The Morgan fingerprint density at radius 2 is 2.11 bits per heavy atom. The van der Waals surface area contributed by atoms with Crippen LogP contribution in [-0.4, -0.2) is 22.8 Å². The van der Waals surface area contributed by atoms with Crippen LogP contribution in [0.25, 0.3) is 0 Å². The lowest BCUT2D eigenvalue weighted by molar-refractivity contribution is -0.155. The van der Waals surface area contributed by atoms with Gasteiger partial charge in [-0.05, 0) is 37.7 Å². The highest BCUT2D eigenvalue weighted by Crippen LogP contribution is 2.58. The van der Waals surface area contributed by atoms with E-state index in [2.05, 4.69) is 20.1 Å². The molecule has 0 aromatic carbocycles. The molecule has 1 heterocycles. The lowest BCUT2D eigenvalue weighted by atomic mass is 9.53. The van der Waals surface area contributed by atoms with Crippen molar-refractivity contribution in [2.75, 3.05) is 0 Å². The molecule has 0 amide bonds. The zero-order valence-electron chi connectivity index (χ0n) is 10.9. The van der Waals surface area contributed by atoms with E-state index >= 15 is 0 Å². The van der Waals surface area contributed by atoms with Crippen molar-refractivity contribution < 1.29 is 14.6 Å². The Morgan fingerprint density at radius 1 is 1.39 bits per heavy atom. The molecule has 1 N–H and O–H groups in total. The summed E-state index contributed by atoms with van der Waals surface area (Å²) in [5, 5.41) is 11.1. The molecule has 3 nitrogen and oxygen atoms in total. The summed E-state index contributed by atoms with van der Waals surface area (Å²) < 4.78 is 5.39. The molecule has 4 atom stereocenters. The van der Waals surface area contributed by atoms with Crippen LogP contribution in [0.1, 0.15) is 39.0 Å². The highest BCUT2D eigenvalue weighted by Gasteiger charge is 2.60. The number of rotatable bonds is 0. The van der Waals surface area contributed by atoms with Crippen molar-refractivity contribution in [2.24, 2.45) is 11.3 Å². The lowest BCUT2D eigenvalue weighted by Gasteiger charge is -2.55. The van der Waals surface area contributed by atoms with Crippen molar-refractivity contribution in [1.82, 2.24) is 0 Å². The first-order valence-electron chi connectivity index (χ1n) is 6.68. The van der Waals surface area contributed by atoms with Crippen molar-refractivity contribution in [2.45, 2.75) is 50.7 Å². The Kier molecular flexibility index (Phi) is 2.31. The SMILES string of the molecule is C=C1C(=O)O[C@@H]2C[C@@]3(C)CCCC(=C)[C@]3(O)C[C@@H]12. The van der Waals surface area contributed by atoms with Crippen LogP contribution < -0.4 is 0 Å². The van der Waals surface area contributed by atoms with Gasteiger partial charge >= 0.3 is 5.97 Å². The monoisotopic (exact) mass is 248 g/mol. The molecule has 18 heavy (non-hydrogen) atoms. The number of fused-ring (bicyclic) bond motifs is 2. The number of aliphatic hydroxyl groups is 1. The Bertz CT molecular complexity index is 453. The molecule has 0 aromatic heterocycles. The molecule has 3 fully saturated rings. The second-order valence-corrected chi connectivity index (χ2v) is 6.36. The molecule has 0 radical (unpaired) electrons. The third-order valence-electron chi connectivity index (χ3n) is 5.37. The average molecular weight is 248 g/mol. The van der Waals surface area contributed by atoms with E-state index in [1.807, 2.05) is 0 Å². The zero-order valence-corrected chi connectivity index (χ0v) is 10.9. The van der Waals surface area contributed by atoms with Crippen LogP contribution >= 0.6 is 0 Å². The van der Waals surface area contributed by atoms with Gasteiger partial charge in [-0.25, -0.2) is 4.79 Å². The predicted molar refractivity (Wildman–Crippen MR) is 67.8 cm³/mol. The first kappa shape index (κ1) is 12.0. The van der Waals surface area contributed by atoms with Crippen molar-refractivity contribution in [1.29, 1.82) is 0 Å². The number of ether oxygens (including phenoxy) is 1. The maximum absolute atomic E-state index is 11.6. The summed E-state index contributed by atoms with van der Waals surface area (Å²) in [7, 11) is 0. The summed E-state index contributed by atoms with van der Waals surface area (Å²) >= 11 is 0. The van der Waals surface area contributed by atoms with Gasteiger partial charge in [-0.15, -0.1) is 0 Å². The number of carbonyl (C=O) groups is 1. The van der Waals surface area contributed by atoms with Gasteiger partial charge < -0.3 is 9.84 Å². The highest BCUT2D eigenvalue weighted by molar-refractivity contribution is 5.91. The van der Waals surface area contributed by atoms with Gasteiger partial charge in [0.25, 0.3) is 0 Å². The summed E-state index contributed by atoms with van der Waals surface area (Å²) in [6.45, 7) is 9.99. The summed E-state index contributed by atoms with van der Waals surface area (Å²) in [5.74, 6) is -0.327. The van der Waals surface area contributed by atoms with Crippen LogP contribution in [0.4, 0.5) is 0 Å². The molecule has 3 rings (SSSR count). The van der Waals surface area contributed by atoms with Gasteiger partial charge in [0.05, 0.1) is 5.60 Å². The minimum absolute atomic E-state index is 0.0366. The molecule has 3 heteroatoms. The van der Waals surface area contributed by atoms with Crippen LogP contribution in [0.15, 0.2) is 24.3 Å². The number of hydrogen-bond acceptors (Lipinski definition) is 3. The van der Waals surface area contributed by atoms with Gasteiger partial charge in [0, 0.05) is 16.9 Å². The van der Waals surface area contributed by atoms with E-state index in [4.69, 9.17) is 4.74 Å². The second kappa shape index (κ2) is 3.47. The van der Waals surface area contributed by atoms with Crippen LogP contribution in [0.3, 0.4) is 0 Å². The van der Waals surface area contributed by atoms with Crippen molar-refractivity contribution in [3.05, 3.63) is 24.3 Å². The van der Waals surface area contributed by atoms with Gasteiger partial charge in [0.1, 0.15) is 6.10 Å². The van der Waals surface area contributed by atoms with E-state index in [0.29, 0.717) is 12.0 Å². The number of esters is 1. The molecule has 1 saturated heterocycles. The Morgan fingerprint density at radius 3 is 2.83 bits per heavy atom. The first-order chi connectivity index (χ1) is 8.37. The van der Waals surface area contributed by atoms with E-state index < -0.39 is 5.60 Å². The van der Waals surface area contributed by atoms with Gasteiger partial charge in [-0.2, -0.15) is 0 Å². The fourth-order valence-electron chi connectivity index (χ4n) is 4.07. The maximum atomic E-state index is 11.6. The fourth-order valence-corrected chi connectivity index (χ4v) is 4.07. The van der Waals surface area contributed by atoms with Crippen LogP contribution in [0, 0.1) is 11.3 Å². The minimum atomic E-state index is -0.858. The van der Waals surface area contributed by atoms with Crippen molar-refractivity contribution in [3.63, 3.8) is 0 Å². The summed E-state index contributed by atoms with van der Waals surface area (Å²) in [6.07, 6.45) is 4.07. The van der Waals surface area contributed by atoms with Gasteiger partial charge in [-0.3, -0.25) is 0 Å². The molecular weight excluding hydrogens is 228 g/mol. The Labute approximate surface area is 108 Å². The third-order valence-corrected chi connectivity index (χ3v) is 5.37. The second-order valence-electron chi connectivity index (χ2n) is 6.36. The normalized spacial score (nSPS) is 47.6. The molecule has 1 aliphatic heterocycles. The largest absolute Gasteiger partial charge is 0.458 e. The van der Waals surface area contributed by atoms with Gasteiger partial charge in [-0.1, -0.05) is 20.1 Å². The van der Waals surface area contributed by atoms with Crippen molar-refractivity contribution >= 4 is 5.97 Å². The standard InChI is InChI=1S/C15H20O3/c1-9-5-4-6-14(3)8-12-11(7-15(9,14)17)10(2)13(16)18-12/h11-12,17H,1-2,4-8H2,3H3/t11-,12+,14+,15+/m0/s1. The summed E-state index contributed by atoms with van der Waals surface area (Å²) in [6, 6.07) is 0. The molecule has 0 aromatic rings. The lowest BCUT2D eigenvalue weighted by Crippen LogP contribution is -2.57. The van der Waals surface area contributed by atoms with E-state index in [1.165, 1.54) is 0 Å². The topological polar surface area (TPSA) is 46.5 Å². The van der Waals surface area contributed by atoms with Crippen LogP contribution in [0.2, 0.25) is 0 Å². The maximum Gasteiger partial charge on any atom is 0.334 e. The van der Waals surface area contributed by atoms with Gasteiger partial charge in [0.15, 0.2) is 0 Å². The highest BCUT2D eigenvalue weighted by atomic mass is 16.6. The molecule has 0 unspecified atom stereocenters. The smallest absolute Gasteiger partial charge is 0.334 e. The van der Waals surface area contributed by atoms with E-state index in [0.717, 1.165) is 31.3 Å². The minimum Gasteiger partial charge on any atom is -0.458 e. The van der Waals surface area contributed by atoms with E-state index in [9.17, 15) is 9.90 Å². The summed E-state index contributed by atoms with van der Waals surface area (Å²) in [4.78, 5) is 11.6. The van der Waals surface area contributed by atoms with Crippen molar-refractivity contribution in [3.8, 4) is 0 Å². The molecule has 0 spiro atoms. The Hall–Kier alpha value is -1.09. The van der Waals surface area contributed by atoms with E-state index in [-0.39, 0.29) is 23.4 Å².